The highest BCUT2D eigenvalue weighted by Gasteiger charge is 2.21. The Labute approximate surface area is 92.3 Å². The fraction of sp³-hybridized carbons (Fsp3) is 0.182. The molecule has 0 fully saturated rings. The highest BCUT2D eigenvalue weighted by Crippen LogP contribution is 2.29. The normalized spacial score (nSPS) is 13.3. The number of ketones is 1. The molecule has 0 aromatic heterocycles. The Bertz CT molecular complexity index is 426. The number of benzene rings is 1. The van der Waals surface area contributed by atoms with E-state index in [0.717, 1.165) is 0 Å². The summed E-state index contributed by atoms with van der Waals surface area (Å²) in [5.74, 6) is 1.18. The molecule has 1 aromatic rings. The smallest absolute Gasteiger partial charge is 0.203 e. The number of fused-ring (bicyclic) bond motifs is 1. The summed E-state index contributed by atoms with van der Waals surface area (Å²) in [4.78, 5) is 11.2. The van der Waals surface area contributed by atoms with E-state index in [1.807, 2.05) is 0 Å². The van der Waals surface area contributed by atoms with Crippen molar-refractivity contribution >= 4 is 17.4 Å². The first-order valence-electron chi connectivity index (χ1n) is 4.43. The SMILES string of the molecule is C=C(Cl)COc1ccc2c(c1)OCC2=O. The maximum atomic E-state index is 11.2. The van der Waals surface area contributed by atoms with Crippen LogP contribution in [0.4, 0.5) is 0 Å². The van der Waals surface area contributed by atoms with Crippen molar-refractivity contribution in [3.05, 3.63) is 35.4 Å². The van der Waals surface area contributed by atoms with Crippen molar-refractivity contribution in [1.29, 1.82) is 0 Å². The van der Waals surface area contributed by atoms with Crippen molar-refractivity contribution in [1.82, 2.24) is 0 Å². The molecule has 0 amide bonds. The molecule has 2 rings (SSSR count). The minimum atomic E-state index is -0.00157. The number of carbonyl (C=O) groups excluding carboxylic acids is 1. The van der Waals surface area contributed by atoms with Crippen molar-refractivity contribution in [2.75, 3.05) is 13.2 Å². The largest absolute Gasteiger partial charge is 0.488 e. The van der Waals surface area contributed by atoms with Gasteiger partial charge >= 0.3 is 0 Å². The first kappa shape index (κ1) is 10.1. The van der Waals surface area contributed by atoms with Crippen LogP contribution in [-0.2, 0) is 0 Å². The predicted octanol–water partition coefficient (Wildman–Crippen LogP) is 2.39. The van der Waals surface area contributed by atoms with Gasteiger partial charge in [0.1, 0.15) is 18.1 Å². The third-order valence-corrected chi connectivity index (χ3v) is 2.12. The topological polar surface area (TPSA) is 35.5 Å². The quantitative estimate of drug-likeness (QED) is 0.791. The lowest BCUT2D eigenvalue weighted by molar-refractivity contribution is 0.0961. The van der Waals surface area contributed by atoms with Gasteiger partial charge in [0.05, 0.1) is 5.56 Å². The first-order chi connectivity index (χ1) is 7.16. The Morgan fingerprint density at radius 2 is 2.40 bits per heavy atom. The van der Waals surface area contributed by atoms with Gasteiger partial charge in [0.2, 0.25) is 5.78 Å². The Morgan fingerprint density at radius 1 is 1.60 bits per heavy atom. The third-order valence-electron chi connectivity index (χ3n) is 2.01. The third kappa shape index (κ3) is 2.13. The van der Waals surface area contributed by atoms with E-state index >= 15 is 0 Å². The Hall–Kier alpha value is -1.48. The molecular formula is C11H9ClO3. The second-order valence-electron chi connectivity index (χ2n) is 3.18. The molecule has 0 unspecified atom stereocenters. The van der Waals surface area contributed by atoms with Crippen molar-refractivity contribution in [3.63, 3.8) is 0 Å². The number of carbonyl (C=O) groups is 1. The van der Waals surface area contributed by atoms with Gasteiger partial charge in [0, 0.05) is 11.1 Å². The zero-order chi connectivity index (χ0) is 10.8. The lowest BCUT2D eigenvalue weighted by atomic mass is 10.1. The summed E-state index contributed by atoms with van der Waals surface area (Å²) in [5, 5.41) is 0.424. The van der Waals surface area contributed by atoms with Gasteiger partial charge in [-0.15, -0.1) is 0 Å². The molecule has 1 heterocycles. The fourth-order valence-corrected chi connectivity index (χ4v) is 1.38. The summed E-state index contributed by atoms with van der Waals surface area (Å²) >= 11 is 5.56. The molecule has 15 heavy (non-hydrogen) atoms. The Kier molecular flexibility index (Phi) is 2.64. The van der Waals surface area contributed by atoms with E-state index in [4.69, 9.17) is 21.1 Å². The molecule has 0 aliphatic carbocycles. The monoisotopic (exact) mass is 224 g/mol. The maximum absolute atomic E-state index is 11.2. The molecule has 1 aliphatic heterocycles. The van der Waals surface area contributed by atoms with Crippen LogP contribution in [0.25, 0.3) is 0 Å². The molecule has 1 aliphatic rings. The summed E-state index contributed by atoms with van der Waals surface area (Å²) in [6, 6.07) is 5.09. The molecule has 0 bridgehead atoms. The zero-order valence-electron chi connectivity index (χ0n) is 7.96. The zero-order valence-corrected chi connectivity index (χ0v) is 8.71. The Balaban J connectivity index is 2.16. The number of hydrogen-bond donors (Lipinski definition) is 0. The van der Waals surface area contributed by atoms with Crippen molar-refractivity contribution < 1.29 is 14.3 Å². The standard InChI is InChI=1S/C11H9ClO3/c1-7(12)5-14-8-2-3-9-10(13)6-15-11(9)4-8/h2-4H,1,5-6H2. The van der Waals surface area contributed by atoms with Gasteiger partial charge in [-0.05, 0) is 12.1 Å². The van der Waals surface area contributed by atoms with Crippen LogP contribution in [0.5, 0.6) is 11.5 Å². The molecule has 3 nitrogen and oxygen atoms in total. The molecule has 0 spiro atoms. The van der Waals surface area contributed by atoms with Gasteiger partial charge in [-0.25, -0.2) is 0 Å². The van der Waals surface area contributed by atoms with Crippen molar-refractivity contribution in [2.24, 2.45) is 0 Å². The van der Waals surface area contributed by atoms with Crippen LogP contribution >= 0.6 is 11.6 Å². The van der Waals surface area contributed by atoms with E-state index in [-0.39, 0.29) is 19.0 Å². The van der Waals surface area contributed by atoms with Crippen LogP contribution in [0.1, 0.15) is 10.4 Å². The summed E-state index contributed by atoms with van der Waals surface area (Å²) < 4.78 is 10.5. The highest BCUT2D eigenvalue weighted by atomic mass is 35.5. The van der Waals surface area contributed by atoms with Crippen molar-refractivity contribution in [2.45, 2.75) is 0 Å². The predicted molar refractivity (Wildman–Crippen MR) is 56.8 cm³/mol. The van der Waals surface area contributed by atoms with Gasteiger partial charge in [0.15, 0.2) is 6.61 Å². The summed E-state index contributed by atoms with van der Waals surface area (Å²) in [6.07, 6.45) is 0. The number of rotatable bonds is 3. The second kappa shape index (κ2) is 3.95. The maximum Gasteiger partial charge on any atom is 0.203 e. The van der Waals surface area contributed by atoms with Crippen LogP contribution < -0.4 is 9.47 Å². The molecule has 0 N–H and O–H groups in total. The summed E-state index contributed by atoms with van der Waals surface area (Å²) in [6.45, 7) is 3.87. The van der Waals surface area contributed by atoms with E-state index in [9.17, 15) is 4.79 Å². The lowest BCUT2D eigenvalue weighted by Crippen LogP contribution is -1.98. The lowest BCUT2D eigenvalue weighted by Gasteiger charge is -2.05. The number of ether oxygens (including phenoxy) is 2. The minimum Gasteiger partial charge on any atom is -0.488 e. The molecule has 1 aromatic carbocycles. The highest BCUT2D eigenvalue weighted by molar-refractivity contribution is 6.29. The molecule has 0 atom stereocenters. The van der Waals surface area contributed by atoms with Gasteiger partial charge < -0.3 is 9.47 Å². The summed E-state index contributed by atoms with van der Waals surface area (Å²) in [7, 11) is 0. The van der Waals surface area contributed by atoms with Crippen LogP contribution in [0.2, 0.25) is 0 Å². The first-order valence-corrected chi connectivity index (χ1v) is 4.81. The van der Waals surface area contributed by atoms with E-state index in [1.165, 1.54) is 0 Å². The molecule has 4 heteroatoms. The number of halogens is 1. The van der Waals surface area contributed by atoms with Crippen LogP contribution in [-0.4, -0.2) is 19.0 Å². The molecule has 0 saturated carbocycles. The minimum absolute atomic E-state index is 0.00157. The van der Waals surface area contributed by atoms with E-state index in [0.29, 0.717) is 22.1 Å². The molecular weight excluding hydrogens is 216 g/mol. The molecule has 0 radical (unpaired) electrons. The summed E-state index contributed by atoms with van der Waals surface area (Å²) in [5.41, 5.74) is 0.604. The van der Waals surface area contributed by atoms with Gasteiger partial charge in [0.25, 0.3) is 0 Å². The van der Waals surface area contributed by atoms with Gasteiger partial charge in [-0.3, -0.25) is 4.79 Å². The van der Waals surface area contributed by atoms with Crippen LogP contribution in [0.3, 0.4) is 0 Å². The Morgan fingerprint density at radius 3 is 3.13 bits per heavy atom. The van der Waals surface area contributed by atoms with E-state index in [1.54, 1.807) is 18.2 Å². The molecule has 78 valence electrons. The average Bonchev–Trinajstić information content (AvgIpc) is 2.57. The number of hydrogen-bond acceptors (Lipinski definition) is 3. The van der Waals surface area contributed by atoms with E-state index in [2.05, 4.69) is 6.58 Å². The van der Waals surface area contributed by atoms with E-state index < -0.39 is 0 Å². The average molecular weight is 225 g/mol. The fourth-order valence-electron chi connectivity index (χ4n) is 1.32. The second-order valence-corrected chi connectivity index (χ2v) is 3.71. The van der Waals surface area contributed by atoms with Crippen LogP contribution in [0, 0.1) is 0 Å². The number of Topliss-reactive ketones (excluding diaryl/α,β-unsaturated/α-hetero) is 1. The van der Waals surface area contributed by atoms with Crippen LogP contribution in [0.15, 0.2) is 29.8 Å². The molecule has 0 saturated heterocycles. The van der Waals surface area contributed by atoms with Gasteiger partial charge in [-0.2, -0.15) is 0 Å². The van der Waals surface area contributed by atoms with Gasteiger partial charge in [-0.1, -0.05) is 18.2 Å². The van der Waals surface area contributed by atoms with Crippen molar-refractivity contribution in [3.8, 4) is 11.5 Å².